The van der Waals surface area contributed by atoms with Gasteiger partial charge in [0.2, 0.25) is 5.91 Å². The van der Waals surface area contributed by atoms with Crippen molar-refractivity contribution in [3.8, 4) is 5.75 Å². The van der Waals surface area contributed by atoms with Gasteiger partial charge >= 0.3 is 0 Å². The van der Waals surface area contributed by atoms with Gasteiger partial charge in [-0.15, -0.1) is 0 Å². The third-order valence-corrected chi connectivity index (χ3v) is 4.68. The number of rotatable bonds is 6. The highest BCUT2D eigenvalue weighted by atomic mass is 16.3. The number of hydrogen-bond donors (Lipinski definition) is 1. The van der Waals surface area contributed by atoms with E-state index in [1.54, 1.807) is 30.1 Å². The van der Waals surface area contributed by atoms with Crippen molar-refractivity contribution in [2.75, 3.05) is 7.05 Å². The summed E-state index contributed by atoms with van der Waals surface area (Å²) in [6.07, 6.45) is 1.46. The first kappa shape index (κ1) is 18.0. The first-order valence-corrected chi connectivity index (χ1v) is 9.03. The number of nitrogens with zero attached hydrogens (tertiary/aromatic N) is 3. The molecular formula is C21H25N3O2. The van der Waals surface area contributed by atoms with Crippen LogP contribution in [0.3, 0.4) is 0 Å². The summed E-state index contributed by atoms with van der Waals surface area (Å²) in [5, 5.41) is 9.64. The van der Waals surface area contributed by atoms with Crippen molar-refractivity contribution in [1.82, 2.24) is 14.5 Å². The van der Waals surface area contributed by atoms with Crippen molar-refractivity contribution in [1.29, 1.82) is 0 Å². The van der Waals surface area contributed by atoms with Gasteiger partial charge in [-0.1, -0.05) is 38.1 Å². The number of para-hydroxylation sites is 2. The number of likely N-dealkylation sites (N-methyl/N-ethyl adjacent to an activating group) is 1. The van der Waals surface area contributed by atoms with E-state index in [1.165, 1.54) is 0 Å². The zero-order valence-corrected chi connectivity index (χ0v) is 15.5. The highest BCUT2D eigenvalue weighted by Crippen LogP contribution is 2.26. The summed E-state index contributed by atoms with van der Waals surface area (Å²) in [6, 6.07) is 14.7. The number of phenols is 1. The number of aromatic hydroxyl groups is 1. The number of phenolic OH excluding ortho intramolecular Hbond substituents is 1. The second-order valence-corrected chi connectivity index (χ2v) is 6.53. The Morgan fingerprint density at radius 3 is 2.65 bits per heavy atom. The lowest BCUT2D eigenvalue weighted by molar-refractivity contribution is -0.134. The molecule has 0 fully saturated rings. The van der Waals surface area contributed by atoms with Crippen molar-refractivity contribution in [3.63, 3.8) is 0 Å². The van der Waals surface area contributed by atoms with E-state index in [9.17, 15) is 9.90 Å². The normalized spacial score (nSPS) is 12.3. The maximum Gasteiger partial charge on any atom is 0.245 e. The Balaban J connectivity index is 1.92. The molecule has 5 nitrogen and oxygen atoms in total. The molecule has 26 heavy (non-hydrogen) atoms. The van der Waals surface area contributed by atoms with Gasteiger partial charge in [0.25, 0.3) is 0 Å². The highest BCUT2D eigenvalue weighted by Gasteiger charge is 2.26. The van der Waals surface area contributed by atoms with Gasteiger partial charge in [-0.2, -0.15) is 0 Å². The lowest BCUT2D eigenvalue weighted by Gasteiger charge is -2.26. The summed E-state index contributed by atoms with van der Waals surface area (Å²) >= 11 is 0. The molecule has 0 spiro atoms. The topological polar surface area (TPSA) is 58.4 Å². The quantitative estimate of drug-likeness (QED) is 0.732. The van der Waals surface area contributed by atoms with E-state index in [1.807, 2.05) is 37.3 Å². The molecular weight excluding hydrogens is 326 g/mol. The molecule has 1 aromatic heterocycles. The first-order valence-electron chi connectivity index (χ1n) is 9.03. The van der Waals surface area contributed by atoms with Gasteiger partial charge in [-0.25, -0.2) is 4.98 Å². The summed E-state index contributed by atoms with van der Waals surface area (Å²) in [5.74, 6) is 1.19. The van der Waals surface area contributed by atoms with Crippen molar-refractivity contribution in [2.45, 2.75) is 39.3 Å². The zero-order chi connectivity index (χ0) is 18.7. The molecule has 3 aromatic rings. The molecule has 1 N–H and O–H groups in total. The molecule has 136 valence electrons. The van der Waals surface area contributed by atoms with E-state index in [0.717, 1.165) is 28.8 Å². The summed E-state index contributed by atoms with van der Waals surface area (Å²) in [6.45, 7) is 4.54. The molecule has 0 saturated heterocycles. The zero-order valence-electron chi connectivity index (χ0n) is 15.5. The van der Waals surface area contributed by atoms with Gasteiger partial charge in [-0.3, -0.25) is 4.79 Å². The summed E-state index contributed by atoms with van der Waals surface area (Å²) in [5.41, 5.74) is 2.82. The number of carbonyl (C=O) groups excluding carboxylic acids is 1. The first-order chi connectivity index (χ1) is 12.5. The van der Waals surface area contributed by atoms with Crippen molar-refractivity contribution < 1.29 is 9.90 Å². The molecule has 0 radical (unpaired) electrons. The molecule has 3 rings (SSSR count). The molecule has 0 unspecified atom stereocenters. The van der Waals surface area contributed by atoms with Crippen molar-refractivity contribution in [2.24, 2.45) is 0 Å². The monoisotopic (exact) mass is 351 g/mol. The van der Waals surface area contributed by atoms with Crippen LogP contribution in [0.5, 0.6) is 5.75 Å². The van der Waals surface area contributed by atoms with Gasteiger partial charge < -0.3 is 14.6 Å². The number of carbonyl (C=O) groups is 1. The fourth-order valence-corrected chi connectivity index (χ4v) is 3.42. The Labute approximate surface area is 153 Å². The average Bonchev–Trinajstić information content (AvgIpc) is 3.01. The predicted octanol–water partition coefficient (Wildman–Crippen LogP) is 3.91. The Morgan fingerprint density at radius 1 is 1.19 bits per heavy atom. The largest absolute Gasteiger partial charge is 0.508 e. The van der Waals surface area contributed by atoms with Gasteiger partial charge in [-0.05, 0) is 36.2 Å². The molecule has 5 heteroatoms. The molecule has 0 saturated carbocycles. The Kier molecular flexibility index (Phi) is 5.26. The van der Waals surface area contributed by atoms with Crippen molar-refractivity contribution >= 4 is 16.9 Å². The van der Waals surface area contributed by atoms with Crippen LogP contribution in [-0.4, -0.2) is 32.5 Å². The van der Waals surface area contributed by atoms with E-state index in [0.29, 0.717) is 13.0 Å². The fraction of sp³-hybridized carbons (Fsp3) is 0.333. The SMILES string of the molecule is CCc1nc2ccccc2n1[C@H](CC)C(=O)N(C)Cc1cccc(O)c1. The van der Waals surface area contributed by atoms with E-state index in [4.69, 9.17) is 4.98 Å². The van der Waals surface area contributed by atoms with Crippen LogP contribution >= 0.6 is 0 Å². The van der Waals surface area contributed by atoms with Crippen LogP contribution in [0.2, 0.25) is 0 Å². The Bertz CT molecular complexity index is 917. The van der Waals surface area contributed by atoms with E-state index in [-0.39, 0.29) is 17.7 Å². The molecule has 1 heterocycles. The Morgan fingerprint density at radius 2 is 1.96 bits per heavy atom. The smallest absolute Gasteiger partial charge is 0.245 e. The summed E-state index contributed by atoms with van der Waals surface area (Å²) in [4.78, 5) is 19.6. The molecule has 0 aliphatic rings. The standard InChI is InChI=1S/C21H25N3O2/c1-4-18(21(26)23(3)14-15-9-8-10-16(25)13-15)24-19-12-7-6-11-17(19)22-20(24)5-2/h6-13,18,25H,4-5,14H2,1-3H3/t18-/m1/s1. The second kappa shape index (κ2) is 7.60. The maximum atomic E-state index is 13.2. The number of aryl methyl sites for hydroxylation is 1. The minimum atomic E-state index is -0.292. The number of amides is 1. The van der Waals surface area contributed by atoms with Crippen LogP contribution in [0, 0.1) is 0 Å². The van der Waals surface area contributed by atoms with Gasteiger partial charge in [0.05, 0.1) is 11.0 Å². The predicted molar refractivity (Wildman–Crippen MR) is 103 cm³/mol. The van der Waals surface area contributed by atoms with Crippen molar-refractivity contribution in [3.05, 3.63) is 59.9 Å². The minimum absolute atomic E-state index is 0.0497. The molecule has 1 atom stereocenters. The number of imidazole rings is 1. The molecule has 0 bridgehead atoms. The van der Waals surface area contributed by atoms with Crippen LogP contribution in [0.1, 0.15) is 37.7 Å². The summed E-state index contributed by atoms with van der Waals surface area (Å²) < 4.78 is 2.08. The van der Waals surface area contributed by atoms with E-state index < -0.39 is 0 Å². The molecule has 0 aliphatic heterocycles. The highest BCUT2D eigenvalue weighted by molar-refractivity contribution is 5.84. The molecule has 1 amide bonds. The van der Waals surface area contributed by atoms with Crippen LogP contribution in [0.25, 0.3) is 11.0 Å². The average molecular weight is 351 g/mol. The summed E-state index contributed by atoms with van der Waals surface area (Å²) in [7, 11) is 1.81. The van der Waals surface area contributed by atoms with Crippen LogP contribution in [0.15, 0.2) is 48.5 Å². The number of hydrogen-bond acceptors (Lipinski definition) is 3. The van der Waals surface area contributed by atoms with E-state index in [2.05, 4.69) is 11.5 Å². The van der Waals surface area contributed by atoms with Crippen LogP contribution < -0.4 is 0 Å². The minimum Gasteiger partial charge on any atom is -0.508 e. The van der Waals surface area contributed by atoms with E-state index >= 15 is 0 Å². The maximum absolute atomic E-state index is 13.2. The van der Waals surface area contributed by atoms with Crippen LogP contribution in [0.4, 0.5) is 0 Å². The van der Waals surface area contributed by atoms with Gasteiger partial charge in [0, 0.05) is 20.0 Å². The lowest BCUT2D eigenvalue weighted by atomic mass is 10.1. The molecule has 0 aliphatic carbocycles. The molecule has 2 aromatic carbocycles. The van der Waals surface area contributed by atoms with Gasteiger partial charge in [0.15, 0.2) is 0 Å². The van der Waals surface area contributed by atoms with Crippen LogP contribution in [-0.2, 0) is 17.8 Å². The number of benzene rings is 2. The van der Waals surface area contributed by atoms with Gasteiger partial charge in [0.1, 0.15) is 17.6 Å². The third kappa shape index (κ3) is 3.43. The second-order valence-electron chi connectivity index (χ2n) is 6.53. The number of fused-ring (bicyclic) bond motifs is 1. The Hall–Kier alpha value is -2.82. The fourth-order valence-electron chi connectivity index (χ4n) is 3.42. The lowest BCUT2D eigenvalue weighted by Crippen LogP contribution is -2.34. The number of aromatic nitrogens is 2. The third-order valence-electron chi connectivity index (χ3n) is 4.68.